The maximum Gasteiger partial charge on any atom is 0.227 e. The normalized spacial score (nSPS) is 12.2. The van der Waals surface area contributed by atoms with Crippen LogP contribution in [0.15, 0.2) is 22.7 Å². The largest absolute Gasteiger partial charge is 0.325 e. The third-order valence-electron chi connectivity index (χ3n) is 3.15. The summed E-state index contributed by atoms with van der Waals surface area (Å²) in [6.45, 7) is 6.25. The lowest BCUT2D eigenvalue weighted by Crippen LogP contribution is -2.22. The number of benzene rings is 1. The monoisotopic (exact) mass is 311 g/mol. The Morgan fingerprint density at radius 3 is 2.72 bits per heavy atom. The Labute approximate surface area is 118 Å². The Kier molecular flexibility index (Phi) is 6.41. The quantitative estimate of drug-likeness (QED) is 0.794. The molecule has 0 saturated carbocycles. The minimum Gasteiger partial charge on any atom is -0.325 e. The van der Waals surface area contributed by atoms with Crippen LogP contribution in [0, 0.1) is 12.8 Å². The molecule has 1 rings (SSSR count). The Morgan fingerprint density at radius 2 is 2.11 bits per heavy atom. The summed E-state index contributed by atoms with van der Waals surface area (Å²) in [5.74, 6) is 0.259. The molecule has 1 aromatic carbocycles. The molecule has 1 amide bonds. The van der Waals surface area contributed by atoms with E-state index >= 15 is 0 Å². The first-order valence-electron chi connectivity index (χ1n) is 6.65. The van der Waals surface area contributed by atoms with E-state index < -0.39 is 0 Å². The molecule has 1 N–H and O–H groups in total. The van der Waals surface area contributed by atoms with Crippen LogP contribution < -0.4 is 5.32 Å². The van der Waals surface area contributed by atoms with Crippen molar-refractivity contribution in [2.75, 3.05) is 5.32 Å². The van der Waals surface area contributed by atoms with Gasteiger partial charge in [-0.3, -0.25) is 4.79 Å². The zero-order valence-corrected chi connectivity index (χ0v) is 13.0. The number of carbonyl (C=O) groups excluding carboxylic acids is 1. The average molecular weight is 312 g/mol. The number of amides is 1. The van der Waals surface area contributed by atoms with E-state index in [0.29, 0.717) is 0 Å². The van der Waals surface area contributed by atoms with Crippen LogP contribution in [0.2, 0.25) is 0 Å². The van der Waals surface area contributed by atoms with Crippen LogP contribution >= 0.6 is 15.9 Å². The molecule has 1 unspecified atom stereocenters. The highest BCUT2D eigenvalue weighted by atomic mass is 79.9. The Morgan fingerprint density at radius 1 is 1.39 bits per heavy atom. The van der Waals surface area contributed by atoms with Gasteiger partial charge in [0, 0.05) is 10.4 Å². The zero-order chi connectivity index (χ0) is 13.5. The topological polar surface area (TPSA) is 29.1 Å². The number of aryl methyl sites for hydroxylation is 1. The zero-order valence-electron chi connectivity index (χ0n) is 11.4. The molecule has 1 aromatic rings. The molecule has 18 heavy (non-hydrogen) atoms. The maximum absolute atomic E-state index is 12.2. The Hall–Kier alpha value is -0.830. The van der Waals surface area contributed by atoms with Crippen molar-refractivity contribution in [1.82, 2.24) is 0 Å². The van der Waals surface area contributed by atoms with Gasteiger partial charge in [0.25, 0.3) is 0 Å². The molecule has 0 aliphatic heterocycles. The molecule has 0 heterocycles. The van der Waals surface area contributed by atoms with E-state index in [0.717, 1.165) is 41.4 Å². The van der Waals surface area contributed by atoms with Crippen molar-refractivity contribution in [3.63, 3.8) is 0 Å². The standard InChI is InChI=1S/C15H22BrNO/c1-4-6-7-12(5-2)15(18)17-14-10-11(3)8-9-13(14)16/h8-10,12H,4-7H2,1-3H3,(H,17,18). The predicted octanol–water partition coefficient (Wildman–Crippen LogP) is 4.91. The van der Waals surface area contributed by atoms with Crippen LogP contribution in [0.4, 0.5) is 5.69 Å². The molecule has 0 aliphatic rings. The Balaban J connectivity index is 2.70. The van der Waals surface area contributed by atoms with E-state index in [1.54, 1.807) is 0 Å². The number of rotatable bonds is 6. The molecule has 100 valence electrons. The molecule has 0 spiro atoms. The summed E-state index contributed by atoms with van der Waals surface area (Å²) >= 11 is 3.47. The summed E-state index contributed by atoms with van der Waals surface area (Å²) in [7, 11) is 0. The third-order valence-corrected chi connectivity index (χ3v) is 3.84. The van der Waals surface area contributed by atoms with Gasteiger partial charge in [-0.05, 0) is 53.4 Å². The van der Waals surface area contributed by atoms with Crippen molar-refractivity contribution < 1.29 is 4.79 Å². The van der Waals surface area contributed by atoms with Crippen LogP contribution in [-0.2, 0) is 4.79 Å². The SMILES string of the molecule is CCCCC(CC)C(=O)Nc1cc(C)ccc1Br. The fraction of sp³-hybridized carbons (Fsp3) is 0.533. The first kappa shape index (κ1) is 15.2. The number of carbonyl (C=O) groups is 1. The highest BCUT2D eigenvalue weighted by Crippen LogP contribution is 2.25. The minimum atomic E-state index is 0.123. The molecule has 0 aromatic heterocycles. The van der Waals surface area contributed by atoms with Crippen LogP contribution in [0.3, 0.4) is 0 Å². The van der Waals surface area contributed by atoms with Gasteiger partial charge in [-0.15, -0.1) is 0 Å². The summed E-state index contributed by atoms with van der Waals surface area (Å²) < 4.78 is 0.937. The first-order chi connectivity index (χ1) is 8.58. The molecule has 3 heteroatoms. The second-order valence-corrected chi connectivity index (χ2v) is 5.57. The van der Waals surface area contributed by atoms with Crippen LogP contribution in [0.25, 0.3) is 0 Å². The van der Waals surface area contributed by atoms with Gasteiger partial charge in [-0.1, -0.05) is 32.8 Å². The summed E-state index contributed by atoms with van der Waals surface area (Å²) in [6, 6.07) is 5.99. The van der Waals surface area contributed by atoms with Gasteiger partial charge in [-0.25, -0.2) is 0 Å². The maximum atomic E-state index is 12.2. The smallest absolute Gasteiger partial charge is 0.227 e. The number of unbranched alkanes of at least 4 members (excludes halogenated alkanes) is 1. The van der Waals surface area contributed by atoms with E-state index in [2.05, 4.69) is 35.1 Å². The van der Waals surface area contributed by atoms with Crippen molar-refractivity contribution in [3.05, 3.63) is 28.2 Å². The lowest BCUT2D eigenvalue weighted by molar-refractivity contribution is -0.120. The van der Waals surface area contributed by atoms with Crippen molar-refractivity contribution in [3.8, 4) is 0 Å². The van der Waals surface area contributed by atoms with E-state index in [-0.39, 0.29) is 11.8 Å². The van der Waals surface area contributed by atoms with E-state index in [4.69, 9.17) is 0 Å². The second kappa shape index (κ2) is 7.57. The van der Waals surface area contributed by atoms with E-state index in [1.807, 2.05) is 25.1 Å². The van der Waals surface area contributed by atoms with Gasteiger partial charge in [0.1, 0.15) is 0 Å². The van der Waals surface area contributed by atoms with Crippen molar-refractivity contribution in [2.24, 2.45) is 5.92 Å². The summed E-state index contributed by atoms with van der Waals surface area (Å²) in [5, 5.41) is 3.03. The first-order valence-corrected chi connectivity index (χ1v) is 7.44. The molecule has 0 aliphatic carbocycles. The van der Waals surface area contributed by atoms with Crippen molar-refractivity contribution >= 4 is 27.5 Å². The van der Waals surface area contributed by atoms with Crippen LogP contribution in [0.1, 0.15) is 45.1 Å². The summed E-state index contributed by atoms with van der Waals surface area (Å²) in [4.78, 5) is 12.2. The molecule has 0 radical (unpaired) electrons. The molecule has 1 atom stereocenters. The number of hydrogen-bond donors (Lipinski definition) is 1. The fourth-order valence-electron chi connectivity index (χ4n) is 1.94. The minimum absolute atomic E-state index is 0.123. The molecular formula is C15H22BrNO. The Bertz CT molecular complexity index is 403. The molecule has 2 nitrogen and oxygen atoms in total. The third kappa shape index (κ3) is 4.45. The second-order valence-electron chi connectivity index (χ2n) is 4.72. The van der Waals surface area contributed by atoms with Gasteiger partial charge in [-0.2, -0.15) is 0 Å². The van der Waals surface area contributed by atoms with E-state index in [1.165, 1.54) is 0 Å². The van der Waals surface area contributed by atoms with Gasteiger partial charge in [0.15, 0.2) is 0 Å². The molecule has 0 fully saturated rings. The van der Waals surface area contributed by atoms with Crippen LogP contribution in [0.5, 0.6) is 0 Å². The molecule has 0 bridgehead atoms. The number of anilines is 1. The number of hydrogen-bond acceptors (Lipinski definition) is 1. The number of nitrogens with one attached hydrogen (secondary N) is 1. The fourth-order valence-corrected chi connectivity index (χ4v) is 2.29. The highest BCUT2D eigenvalue weighted by molar-refractivity contribution is 9.10. The van der Waals surface area contributed by atoms with Crippen molar-refractivity contribution in [2.45, 2.75) is 46.5 Å². The highest BCUT2D eigenvalue weighted by Gasteiger charge is 2.16. The molecular weight excluding hydrogens is 290 g/mol. The lowest BCUT2D eigenvalue weighted by atomic mass is 9.98. The van der Waals surface area contributed by atoms with Crippen molar-refractivity contribution in [1.29, 1.82) is 0 Å². The van der Waals surface area contributed by atoms with Gasteiger partial charge in [0.2, 0.25) is 5.91 Å². The summed E-state index contributed by atoms with van der Waals surface area (Å²) in [5.41, 5.74) is 2.02. The van der Waals surface area contributed by atoms with Gasteiger partial charge < -0.3 is 5.32 Å². The van der Waals surface area contributed by atoms with Crippen LogP contribution in [-0.4, -0.2) is 5.91 Å². The van der Waals surface area contributed by atoms with E-state index in [9.17, 15) is 4.79 Å². The number of halogens is 1. The lowest BCUT2D eigenvalue weighted by Gasteiger charge is -2.15. The van der Waals surface area contributed by atoms with Gasteiger partial charge in [0.05, 0.1) is 5.69 Å². The van der Waals surface area contributed by atoms with Gasteiger partial charge >= 0.3 is 0 Å². The summed E-state index contributed by atoms with van der Waals surface area (Å²) in [6.07, 6.45) is 4.12. The predicted molar refractivity (Wildman–Crippen MR) is 80.8 cm³/mol. The average Bonchev–Trinajstić information content (AvgIpc) is 2.35. The molecule has 0 saturated heterocycles.